The second-order valence-electron chi connectivity index (χ2n) is 2.89. The van der Waals surface area contributed by atoms with Crippen molar-refractivity contribution in [1.29, 1.82) is 0 Å². The first-order valence-electron chi connectivity index (χ1n) is 4.40. The Morgan fingerprint density at radius 3 is 2.67 bits per heavy atom. The second-order valence-corrected chi connectivity index (χ2v) is 4.39. The van der Waals surface area contributed by atoms with E-state index in [-0.39, 0.29) is 6.29 Å². The predicted molar refractivity (Wildman–Crippen MR) is 64.4 cm³/mol. The monoisotopic (exact) mass is 247 g/mol. The maximum absolute atomic E-state index is 5.87. The van der Waals surface area contributed by atoms with Crippen molar-refractivity contribution in [2.45, 2.75) is 11.2 Å². The molecule has 0 saturated heterocycles. The van der Waals surface area contributed by atoms with Gasteiger partial charge in [-0.15, -0.1) is 11.8 Å². The lowest BCUT2D eigenvalue weighted by Gasteiger charge is -2.13. The summed E-state index contributed by atoms with van der Waals surface area (Å²) >= 11 is 7.43. The van der Waals surface area contributed by atoms with Gasteiger partial charge >= 0.3 is 0 Å². The van der Waals surface area contributed by atoms with E-state index >= 15 is 0 Å². The van der Waals surface area contributed by atoms with Crippen molar-refractivity contribution in [3.63, 3.8) is 0 Å². The summed E-state index contributed by atoms with van der Waals surface area (Å²) in [4.78, 5) is 0.946. The van der Waals surface area contributed by atoms with Crippen LogP contribution in [0, 0.1) is 0 Å². The normalized spacial score (nSPS) is 10.9. The molecule has 0 saturated carbocycles. The second kappa shape index (κ2) is 6.23. The summed E-state index contributed by atoms with van der Waals surface area (Å²) in [6.45, 7) is 0. The molecule has 0 atom stereocenters. The van der Waals surface area contributed by atoms with Gasteiger partial charge in [-0.3, -0.25) is 0 Å². The van der Waals surface area contributed by atoms with Crippen LogP contribution < -0.4 is 5.73 Å². The topological polar surface area (TPSA) is 44.5 Å². The Labute approximate surface area is 98.9 Å². The van der Waals surface area contributed by atoms with Gasteiger partial charge in [0.25, 0.3) is 0 Å². The molecule has 0 radical (unpaired) electrons. The number of benzene rings is 1. The zero-order chi connectivity index (χ0) is 11.3. The molecule has 0 aliphatic carbocycles. The molecular formula is C10H14ClNO2S. The van der Waals surface area contributed by atoms with E-state index in [0.29, 0.717) is 10.8 Å². The summed E-state index contributed by atoms with van der Waals surface area (Å²) in [6.07, 6.45) is -0.228. The summed E-state index contributed by atoms with van der Waals surface area (Å²) in [6, 6.07) is 5.40. The largest absolute Gasteiger partial charge is 0.398 e. The Morgan fingerprint density at radius 1 is 1.40 bits per heavy atom. The zero-order valence-corrected chi connectivity index (χ0v) is 10.3. The van der Waals surface area contributed by atoms with E-state index in [1.165, 1.54) is 0 Å². The lowest BCUT2D eigenvalue weighted by atomic mass is 10.3. The van der Waals surface area contributed by atoms with Crippen molar-refractivity contribution in [3.05, 3.63) is 23.2 Å². The van der Waals surface area contributed by atoms with E-state index in [1.54, 1.807) is 38.1 Å². The fourth-order valence-electron chi connectivity index (χ4n) is 1.02. The lowest BCUT2D eigenvalue weighted by molar-refractivity contribution is -0.0842. The molecule has 0 unspecified atom stereocenters. The maximum Gasteiger partial charge on any atom is 0.166 e. The molecule has 1 rings (SSSR count). The third-order valence-corrected chi connectivity index (χ3v) is 3.21. The quantitative estimate of drug-likeness (QED) is 0.494. The van der Waals surface area contributed by atoms with E-state index in [9.17, 15) is 0 Å². The van der Waals surface area contributed by atoms with Gasteiger partial charge in [0.2, 0.25) is 0 Å². The predicted octanol–water partition coefficient (Wildman–Crippen LogP) is 2.63. The Hall–Kier alpha value is -0.420. The molecule has 0 aliphatic heterocycles. The number of hydrogen-bond acceptors (Lipinski definition) is 4. The smallest absolute Gasteiger partial charge is 0.166 e. The van der Waals surface area contributed by atoms with Crippen molar-refractivity contribution in [3.8, 4) is 0 Å². The van der Waals surface area contributed by atoms with Gasteiger partial charge in [-0.1, -0.05) is 11.6 Å². The third-order valence-electron chi connectivity index (χ3n) is 1.88. The summed E-state index contributed by atoms with van der Waals surface area (Å²) in [5.74, 6) is 0.678. The summed E-state index contributed by atoms with van der Waals surface area (Å²) in [7, 11) is 3.21. The standard InChI is InChI=1S/C10H14ClNO2S/c1-13-10(14-2)6-15-9-5-7(11)3-4-8(9)12/h3-5,10H,6,12H2,1-2H3. The number of anilines is 1. The summed E-state index contributed by atoms with van der Waals surface area (Å²) in [5, 5.41) is 0.679. The molecule has 1 aromatic carbocycles. The minimum absolute atomic E-state index is 0.228. The van der Waals surface area contributed by atoms with Gasteiger partial charge in [0.1, 0.15) is 0 Å². The molecule has 0 fully saturated rings. The molecule has 84 valence electrons. The van der Waals surface area contributed by atoms with Crippen molar-refractivity contribution in [2.75, 3.05) is 25.7 Å². The van der Waals surface area contributed by atoms with Crippen molar-refractivity contribution >= 4 is 29.1 Å². The number of methoxy groups -OCH3 is 2. The van der Waals surface area contributed by atoms with Gasteiger partial charge in [-0.05, 0) is 18.2 Å². The van der Waals surface area contributed by atoms with Crippen LogP contribution in [0.4, 0.5) is 5.69 Å². The number of nitrogens with two attached hydrogens (primary N) is 1. The van der Waals surface area contributed by atoms with E-state index in [1.807, 2.05) is 6.07 Å². The lowest BCUT2D eigenvalue weighted by Crippen LogP contribution is -2.15. The van der Waals surface area contributed by atoms with Gasteiger partial charge < -0.3 is 15.2 Å². The van der Waals surface area contributed by atoms with E-state index in [4.69, 9.17) is 26.8 Å². The highest BCUT2D eigenvalue weighted by Gasteiger charge is 2.08. The van der Waals surface area contributed by atoms with Crippen molar-refractivity contribution in [2.24, 2.45) is 0 Å². The Kier molecular flexibility index (Phi) is 5.25. The highest BCUT2D eigenvalue weighted by atomic mass is 35.5. The van der Waals surface area contributed by atoms with Gasteiger partial charge in [0, 0.05) is 35.6 Å². The van der Waals surface area contributed by atoms with Gasteiger partial charge in [-0.2, -0.15) is 0 Å². The fourth-order valence-corrected chi connectivity index (χ4v) is 2.29. The Morgan fingerprint density at radius 2 is 2.07 bits per heavy atom. The molecule has 0 spiro atoms. The van der Waals surface area contributed by atoms with Crippen LogP contribution in [0.5, 0.6) is 0 Å². The average molecular weight is 248 g/mol. The molecule has 1 aromatic rings. The van der Waals surface area contributed by atoms with Crippen LogP contribution in [0.25, 0.3) is 0 Å². The molecule has 15 heavy (non-hydrogen) atoms. The molecule has 2 N–H and O–H groups in total. The fraction of sp³-hybridized carbons (Fsp3) is 0.400. The highest BCUT2D eigenvalue weighted by Crippen LogP contribution is 2.28. The molecule has 0 amide bonds. The van der Waals surface area contributed by atoms with Crippen LogP contribution in [-0.2, 0) is 9.47 Å². The molecule has 3 nitrogen and oxygen atoms in total. The number of hydrogen-bond donors (Lipinski definition) is 1. The summed E-state index contributed by atoms with van der Waals surface area (Å²) < 4.78 is 10.1. The number of rotatable bonds is 5. The first-order valence-corrected chi connectivity index (χ1v) is 5.77. The molecule has 0 aliphatic rings. The van der Waals surface area contributed by atoms with E-state index in [0.717, 1.165) is 10.6 Å². The van der Waals surface area contributed by atoms with Crippen LogP contribution in [0.15, 0.2) is 23.1 Å². The molecular weight excluding hydrogens is 234 g/mol. The van der Waals surface area contributed by atoms with Crippen LogP contribution in [0.2, 0.25) is 5.02 Å². The number of halogens is 1. The zero-order valence-electron chi connectivity index (χ0n) is 8.70. The first kappa shape index (κ1) is 12.6. The molecule has 0 bridgehead atoms. The van der Waals surface area contributed by atoms with E-state index < -0.39 is 0 Å². The minimum Gasteiger partial charge on any atom is -0.398 e. The van der Waals surface area contributed by atoms with Crippen molar-refractivity contribution < 1.29 is 9.47 Å². The van der Waals surface area contributed by atoms with Crippen LogP contribution in [0.1, 0.15) is 0 Å². The molecule has 5 heteroatoms. The van der Waals surface area contributed by atoms with Gasteiger partial charge in [-0.25, -0.2) is 0 Å². The van der Waals surface area contributed by atoms with E-state index in [2.05, 4.69) is 0 Å². The van der Waals surface area contributed by atoms with Gasteiger partial charge in [0.05, 0.1) is 0 Å². The molecule has 0 heterocycles. The highest BCUT2D eigenvalue weighted by molar-refractivity contribution is 7.99. The number of thioether (sulfide) groups is 1. The minimum atomic E-state index is -0.228. The summed E-state index contributed by atoms with van der Waals surface area (Å²) in [5.41, 5.74) is 6.52. The Balaban J connectivity index is 2.60. The number of ether oxygens (including phenoxy) is 2. The first-order chi connectivity index (χ1) is 7.17. The average Bonchev–Trinajstić information content (AvgIpc) is 2.24. The molecule has 0 aromatic heterocycles. The number of nitrogen functional groups attached to an aromatic ring is 1. The maximum atomic E-state index is 5.87. The van der Waals surface area contributed by atoms with Crippen molar-refractivity contribution in [1.82, 2.24) is 0 Å². The van der Waals surface area contributed by atoms with Crippen LogP contribution >= 0.6 is 23.4 Å². The Bertz CT molecular complexity index is 318. The van der Waals surface area contributed by atoms with Crippen LogP contribution in [-0.4, -0.2) is 26.3 Å². The van der Waals surface area contributed by atoms with Crippen LogP contribution in [0.3, 0.4) is 0 Å². The SMILES string of the molecule is COC(CSc1cc(Cl)ccc1N)OC. The third kappa shape index (κ3) is 3.91. The van der Waals surface area contributed by atoms with Gasteiger partial charge in [0.15, 0.2) is 6.29 Å².